The van der Waals surface area contributed by atoms with E-state index in [2.05, 4.69) is 27.6 Å². The van der Waals surface area contributed by atoms with Gasteiger partial charge in [0.2, 0.25) is 0 Å². The van der Waals surface area contributed by atoms with Crippen LogP contribution in [0.5, 0.6) is 0 Å². The zero-order valence-electron chi connectivity index (χ0n) is 9.78. The minimum Gasteiger partial charge on any atom is -0.341 e. The molecule has 3 rings (SSSR count). The summed E-state index contributed by atoms with van der Waals surface area (Å²) in [7, 11) is 0. The van der Waals surface area contributed by atoms with Gasteiger partial charge in [0.1, 0.15) is 17.2 Å². The topological polar surface area (TPSA) is 17.8 Å². The second-order valence-electron chi connectivity index (χ2n) is 4.21. The van der Waals surface area contributed by atoms with Crippen LogP contribution in [0, 0.1) is 15.2 Å². The van der Waals surface area contributed by atoms with Crippen LogP contribution < -0.4 is 0 Å². The molecule has 3 aromatic rings. The highest BCUT2D eigenvalue weighted by molar-refractivity contribution is 14.1. The maximum Gasteiger partial charge on any atom is 0.131 e. The molecule has 0 amide bonds. The first kappa shape index (κ1) is 12.5. The number of fused-ring (bicyclic) bond motifs is 1. The molecule has 0 saturated heterocycles. The number of pyridine rings is 1. The Kier molecular flexibility index (Phi) is 3.22. The zero-order chi connectivity index (χ0) is 13.4. The molecule has 0 bridgehead atoms. The van der Waals surface area contributed by atoms with Gasteiger partial charge in [-0.1, -0.05) is 6.07 Å². The normalized spacial score (nSPS) is 11.1. The first-order chi connectivity index (χ1) is 9.15. The van der Waals surface area contributed by atoms with Gasteiger partial charge in [-0.15, -0.1) is 0 Å². The van der Waals surface area contributed by atoms with Crippen molar-refractivity contribution in [1.29, 1.82) is 0 Å². The molecule has 0 aliphatic heterocycles. The van der Waals surface area contributed by atoms with Gasteiger partial charge in [-0.05, 0) is 40.8 Å². The number of hydrogen-bond donors (Lipinski definition) is 0. The van der Waals surface area contributed by atoms with E-state index in [-0.39, 0.29) is 0 Å². The van der Waals surface area contributed by atoms with Gasteiger partial charge in [-0.2, -0.15) is 0 Å². The fourth-order valence-corrected chi connectivity index (χ4v) is 2.80. The maximum absolute atomic E-state index is 13.7. The summed E-state index contributed by atoms with van der Waals surface area (Å²) in [4.78, 5) is 4.30. The lowest BCUT2D eigenvalue weighted by atomic mass is 10.2. The standard InChI is InChI=1S/C14H9F2IN2/c15-10-4-3-9(11(16)6-10)7-19-8-12(17)14-13(19)2-1-5-18-14/h1-6,8H,7H2. The Morgan fingerprint density at radius 2 is 2.05 bits per heavy atom. The SMILES string of the molecule is Fc1ccc(Cn2cc(I)c3ncccc32)c(F)c1. The monoisotopic (exact) mass is 370 g/mol. The number of rotatable bonds is 2. The Bertz CT molecular complexity index is 752. The van der Waals surface area contributed by atoms with Gasteiger partial charge in [-0.25, -0.2) is 8.78 Å². The summed E-state index contributed by atoms with van der Waals surface area (Å²) in [6.45, 7) is 0.358. The van der Waals surface area contributed by atoms with E-state index in [1.165, 1.54) is 12.1 Å². The highest BCUT2D eigenvalue weighted by atomic mass is 127. The van der Waals surface area contributed by atoms with Gasteiger partial charge in [0.15, 0.2) is 0 Å². The third-order valence-corrected chi connectivity index (χ3v) is 3.74. The Balaban J connectivity index is 2.06. The van der Waals surface area contributed by atoms with Gasteiger partial charge < -0.3 is 4.57 Å². The first-order valence-electron chi connectivity index (χ1n) is 5.68. The van der Waals surface area contributed by atoms with E-state index in [1.807, 2.05) is 22.9 Å². The molecule has 0 atom stereocenters. The number of halogens is 3. The maximum atomic E-state index is 13.7. The fraction of sp³-hybridized carbons (Fsp3) is 0.0714. The van der Waals surface area contributed by atoms with Crippen LogP contribution in [0.1, 0.15) is 5.56 Å². The largest absolute Gasteiger partial charge is 0.341 e. The van der Waals surface area contributed by atoms with Crippen molar-refractivity contribution in [2.24, 2.45) is 0 Å². The number of hydrogen-bond acceptors (Lipinski definition) is 1. The summed E-state index contributed by atoms with van der Waals surface area (Å²) in [6, 6.07) is 7.43. The predicted molar refractivity (Wildman–Crippen MR) is 77.9 cm³/mol. The fourth-order valence-electron chi connectivity index (χ4n) is 2.04. The van der Waals surface area contributed by atoms with Gasteiger partial charge in [0.25, 0.3) is 0 Å². The molecule has 5 heteroatoms. The molecule has 0 N–H and O–H groups in total. The van der Waals surface area contributed by atoms with Crippen LogP contribution in [-0.2, 0) is 6.54 Å². The van der Waals surface area contributed by atoms with Crippen molar-refractivity contribution in [3.8, 4) is 0 Å². The van der Waals surface area contributed by atoms with Gasteiger partial charge >= 0.3 is 0 Å². The van der Waals surface area contributed by atoms with Gasteiger partial charge in [0, 0.05) is 24.0 Å². The van der Waals surface area contributed by atoms with Crippen LogP contribution in [0.3, 0.4) is 0 Å². The lowest BCUT2D eigenvalue weighted by Gasteiger charge is -2.06. The molecule has 1 aromatic carbocycles. The smallest absolute Gasteiger partial charge is 0.131 e. The van der Waals surface area contributed by atoms with Gasteiger partial charge in [0.05, 0.1) is 15.6 Å². The molecule has 0 spiro atoms. The zero-order valence-corrected chi connectivity index (χ0v) is 11.9. The second kappa shape index (κ2) is 4.88. The molecule has 2 nitrogen and oxygen atoms in total. The molecule has 0 aliphatic rings. The van der Waals surface area contributed by atoms with E-state index < -0.39 is 11.6 Å². The molecule has 96 valence electrons. The quantitative estimate of drug-likeness (QED) is 0.625. The van der Waals surface area contributed by atoms with Crippen molar-refractivity contribution in [2.75, 3.05) is 0 Å². The summed E-state index contributed by atoms with van der Waals surface area (Å²) in [6.07, 6.45) is 3.65. The van der Waals surface area contributed by atoms with E-state index in [9.17, 15) is 8.78 Å². The molecule has 0 unspecified atom stereocenters. The lowest BCUT2D eigenvalue weighted by molar-refractivity contribution is 0.567. The average Bonchev–Trinajstić information content (AvgIpc) is 2.71. The summed E-state index contributed by atoms with van der Waals surface area (Å²) in [5.74, 6) is -1.09. The van der Waals surface area contributed by atoms with Crippen LogP contribution in [-0.4, -0.2) is 9.55 Å². The molecular weight excluding hydrogens is 361 g/mol. The Morgan fingerprint density at radius 1 is 1.21 bits per heavy atom. The minimum atomic E-state index is -0.560. The average molecular weight is 370 g/mol. The molecule has 0 aliphatic carbocycles. The van der Waals surface area contributed by atoms with E-state index in [1.54, 1.807) is 6.20 Å². The third-order valence-electron chi connectivity index (χ3n) is 2.95. The molecule has 0 saturated carbocycles. The van der Waals surface area contributed by atoms with Crippen molar-refractivity contribution < 1.29 is 8.78 Å². The molecule has 0 fully saturated rings. The van der Waals surface area contributed by atoms with Crippen molar-refractivity contribution >= 4 is 33.6 Å². The molecular formula is C14H9F2IN2. The third kappa shape index (κ3) is 2.34. The van der Waals surface area contributed by atoms with E-state index in [0.29, 0.717) is 12.1 Å². The first-order valence-corrected chi connectivity index (χ1v) is 6.76. The highest BCUT2D eigenvalue weighted by Gasteiger charge is 2.10. The minimum absolute atomic E-state index is 0.358. The summed E-state index contributed by atoms with van der Waals surface area (Å²) >= 11 is 2.20. The van der Waals surface area contributed by atoms with E-state index in [4.69, 9.17) is 0 Å². The van der Waals surface area contributed by atoms with Gasteiger partial charge in [-0.3, -0.25) is 4.98 Å². The Hall–Kier alpha value is -1.50. The van der Waals surface area contributed by atoms with E-state index >= 15 is 0 Å². The van der Waals surface area contributed by atoms with Crippen LogP contribution in [0.15, 0.2) is 42.7 Å². The summed E-state index contributed by atoms with van der Waals surface area (Å²) in [5, 5.41) is 0. The van der Waals surface area contributed by atoms with Crippen molar-refractivity contribution in [1.82, 2.24) is 9.55 Å². The highest BCUT2D eigenvalue weighted by Crippen LogP contribution is 2.22. The van der Waals surface area contributed by atoms with Crippen LogP contribution in [0.2, 0.25) is 0 Å². The van der Waals surface area contributed by atoms with Crippen molar-refractivity contribution in [2.45, 2.75) is 6.54 Å². The predicted octanol–water partition coefficient (Wildman–Crippen LogP) is 3.97. The van der Waals surface area contributed by atoms with E-state index in [0.717, 1.165) is 20.7 Å². The second-order valence-corrected chi connectivity index (χ2v) is 5.37. The van der Waals surface area contributed by atoms with Crippen LogP contribution in [0.25, 0.3) is 11.0 Å². The lowest BCUT2D eigenvalue weighted by Crippen LogP contribution is -2.01. The molecule has 0 radical (unpaired) electrons. The number of benzene rings is 1. The van der Waals surface area contributed by atoms with Crippen LogP contribution in [0.4, 0.5) is 8.78 Å². The molecule has 19 heavy (non-hydrogen) atoms. The van der Waals surface area contributed by atoms with Crippen molar-refractivity contribution in [3.63, 3.8) is 0 Å². The summed E-state index contributed by atoms with van der Waals surface area (Å²) < 4.78 is 29.5. The Labute approximate surface area is 122 Å². The van der Waals surface area contributed by atoms with Crippen molar-refractivity contribution in [3.05, 3.63) is 63.5 Å². The molecule has 2 aromatic heterocycles. The molecule has 2 heterocycles. The number of nitrogens with zero attached hydrogens (tertiary/aromatic N) is 2. The Morgan fingerprint density at radius 3 is 2.84 bits per heavy atom. The number of aromatic nitrogens is 2. The van der Waals surface area contributed by atoms with Crippen LogP contribution >= 0.6 is 22.6 Å². The summed E-state index contributed by atoms with van der Waals surface area (Å²) in [5.41, 5.74) is 2.29.